The van der Waals surface area contributed by atoms with Crippen molar-refractivity contribution in [3.8, 4) is 0 Å². The van der Waals surface area contributed by atoms with Crippen LogP contribution in [0.5, 0.6) is 0 Å². The fourth-order valence-electron chi connectivity index (χ4n) is 2.33. The minimum Gasteiger partial charge on any atom is -0.356 e. The van der Waals surface area contributed by atoms with E-state index in [2.05, 4.69) is 27.8 Å². The van der Waals surface area contributed by atoms with E-state index in [1.807, 2.05) is 18.2 Å². The van der Waals surface area contributed by atoms with Gasteiger partial charge in [0.25, 0.3) is 0 Å². The van der Waals surface area contributed by atoms with Gasteiger partial charge in [-0.3, -0.25) is 4.99 Å². The number of halogens is 1. The summed E-state index contributed by atoms with van der Waals surface area (Å²) in [5.74, 6) is 3.41. The Balaban J connectivity index is 0.00000338. The first-order valence-corrected chi connectivity index (χ1v) is 12.0. The van der Waals surface area contributed by atoms with Crippen molar-refractivity contribution in [1.29, 1.82) is 0 Å². The zero-order valence-corrected chi connectivity index (χ0v) is 19.7. The quantitative estimate of drug-likeness (QED) is 0.176. The Morgan fingerprint density at radius 2 is 1.85 bits per heavy atom. The molecule has 1 aliphatic rings. The average molecular weight is 531 g/mol. The van der Waals surface area contributed by atoms with Crippen LogP contribution in [0.2, 0.25) is 0 Å². The van der Waals surface area contributed by atoms with Crippen molar-refractivity contribution in [2.75, 3.05) is 56.2 Å². The summed E-state index contributed by atoms with van der Waals surface area (Å²) in [6.07, 6.45) is 0. The average Bonchev–Trinajstić information content (AvgIpc) is 2.65. The van der Waals surface area contributed by atoms with E-state index in [4.69, 9.17) is 0 Å². The molecule has 0 spiro atoms. The molecule has 1 heterocycles. The number of guanidine groups is 1. The lowest BCUT2D eigenvalue weighted by Crippen LogP contribution is -2.44. The summed E-state index contributed by atoms with van der Waals surface area (Å²) < 4.78 is 26.2. The Labute approximate surface area is 182 Å². The topological polar surface area (TPSA) is 73.8 Å². The van der Waals surface area contributed by atoms with Crippen LogP contribution in [0.25, 0.3) is 0 Å². The zero-order valence-electron chi connectivity index (χ0n) is 14.9. The highest BCUT2D eigenvalue weighted by Gasteiger charge is 2.23. The van der Waals surface area contributed by atoms with Gasteiger partial charge in [-0.15, -0.1) is 35.7 Å². The monoisotopic (exact) mass is 530 g/mol. The number of thioether (sulfide) groups is 2. The van der Waals surface area contributed by atoms with E-state index in [1.54, 1.807) is 34.9 Å². The van der Waals surface area contributed by atoms with Crippen molar-refractivity contribution in [3.63, 3.8) is 0 Å². The molecule has 0 aliphatic carbocycles. The first kappa shape index (κ1) is 23.9. The Morgan fingerprint density at radius 1 is 1.19 bits per heavy atom. The molecule has 1 fully saturated rings. The maximum atomic E-state index is 12.3. The Hall–Kier alpha value is -0.170. The molecule has 6 nitrogen and oxygen atoms in total. The van der Waals surface area contributed by atoms with E-state index in [0.29, 0.717) is 25.6 Å². The lowest BCUT2D eigenvalue weighted by molar-refractivity contribution is 0.443. The van der Waals surface area contributed by atoms with Gasteiger partial charge in [-0.1, -0.05) is 18.2 Å². The molecule has 2 N–H and O–H groups in total. The van der Waals surface area contributed by atoms with E-state index in [0.717, 1.165) is 23.8 Å². The summed E-state index contributed by atoms with van der Waals surface area (Å²) in [4.78, 5) is 5.37. The third-order valence-electron chi connectivity index (χ3n) is 3.65. The minimum atomic E-state index is -3.18. The van der Waals surface area contributed by atoms with Crippen LogP contribution in [-0.2, 0) is 10.0 Å². The van der Waals surface area contributed by atoms with Crippen molar-refractivity contribution in [3.05, 3.63) is 30.3 Å². The molecule has 26 heavy (non-hydrogen) atoms. The first-order chi connectivity index (χ1) is 12.1. The highest BCUT2D eigenvalue weighted by molar-refractivity contribution is 14.0. The van der Waals surface area contributed by atoms with Crippen molar-refractivity contribution in [2.24, 2.45) is 4.99 Å². The van der Waals surface area contributed by atoms with Gasteiger partial charge in [0.15, 0.2) is 5.96 Å². The summed E-state index contributed by atoms with van der Waals surface area (Å²) in [5, 5.41) is 6.29. The summed E-state index contributed by atoms with van der Waals surface area (Å²) >= 11 is 3.57. The Kier molecular flexibility index (Phi) is 12.0. The SMILES string of the molecule is CN=C(NCCSc1ccccc1)NCCS(=O)(=O)N1CCSCC1.I. The van der Waals surface area contributed by atoms with E-state index in [9.17, 15) is 8.42 Å². The number of sulfonamides is 1. The maximum Gasteiger partial charge on any atom is 0.215 e. The molecule has 0 atom stereocenters. The minimum absolute atomic E-state index is 0. The van der Waals surface area contributed by atoms with Gasteiger partial charge in [0, 0.05) is 55.4 Å². The van der Waals surface area contributed by atoms with E-state index < -0.39 is 10.0 Å². The van der Waals surface area contributed by atoms with Crippen LogP contribution >= 0.6 is 47.5 Å². The second-order valence-corrected chi connectivity index (χ2v) is 9.90. The van der Waals surface area contributed by atoms with E-state index >= 15 is 0 Å². The largest absolute Gasteiger partial charge is 0.356 e. The number of nitrogens with one attached hydrogen (secondary N) is 2. The van der Waals surface area contributed by atoms with Crippen molar-refractivity contribution in [1.82, 2.24) is 14.9 Å². The molecule has 148 valence electrons. The maximum absolute atomic E-state index is 12.3. The van der Waals surface area contributed by atoms with Crippen LogP contribution in [0.4, 0.5) is 0 Å². The van der Waals surface area contributed by atoms with Gasteiger partial charge in [0.2, 0.25) is 10.0 Å². The molecule has 0 saturated carbocycles. The summed E-state index contributed by atoms with van der Waals surface area (Å²) in [6, 6.07) is 10.2. The van der Waals surface area contributed by atoms with Crippen LogP contribution in [0, 0.1) is 0 Å². The van der Waals surface area contributed by atoms with Gasteiger partial charge in [-0.2, -0.15) is 11.8 Å². The lowest BCUT2D eigenvalue weighted by atomic mass is 10.4. The van der Waals surface area contributed by atoms with Crippen LogP contribution in [0.15, 0.2) is 40.2 Å². The number of hydrogen-bond donors (Lipinski definition) is 2. The van der Waals surface area contributed by atoms with Crippen molar-refractivity contribution >= 4 is 63.5 Å². The third kappa shape index (κ3) is 8.68. The van der Waals surface area contributed by atoms with Gasteiger partial charge in [0.1, 0.15) is 0 Å². The molecule has 0 amide bonds. The lowest BCUT2D eigenvalue weighted by Gasteiger charge is -2.25. The predicted molar refractivity (Wildman–Crippen MR) is 125 cm³/mol. The molecule has 1 aromatic carbocycles. The zero-order chi connectivity index (χ0) is 18.0. The Bertz CT molecular complexity index is 638. The highest BCUT2D eigenvalue weighted by Crippen LogP contribution is 2.15. The van der Waals surface area contributed by atoms with Crippen LogP contribution < -0.4 is 10.6 Å². The molecule has 0 radical (unpaired) electrons. The molecule has 1 aliphatic heterocycles. The molecule has 0 bridgehead atoms. The normalized spacial score (nSPS) is 16.0. The standard InChI is InChI=1S/C16H26N4O2S3.HI/c1-17-16(18-7-11-24-15-5-3-2-4-6-15)19-8-14-25(21,22)20-9-12-23-13-10-20;/h2-6H,7-14H2,1H3,(H2,17,18,19);1H. The predicted octanol–water partition coefficient (Wildman–Crippen LogP) is 1.94. The summed E-state index contributed by atoms with van der Waals surface area (Å²) in [5.41, 5.74) is 0. The second kappa shape index (κ2) is 13.1. The highest BCUT2D eigenvalue weighted by atomic mass is 127. The van der Waals surface area contributed by atoms with Crippen molar-refractivity contribution in [2.45, 2.75) is 4.90 Å². The fourth-order valence-corrected chi connectivity index (χ4v) is 5.61. The molecule has 0 aromatic heterocycles. The Morgan fingerprint density at radius 3 is 2.50 bits per heavy atom. The van der Waals surface area contributed by atoms with Gasteiger partial charge in [-0.25, -0.2) is 12.7 Å². The number of aliphatic imine (C=N–C) groups is 1. The molecule has 10 heteroatoms. The summed E-state index contributed by atoms with van der Waals surface area (Å²) in [7, 11) is -1.49. The molecule has 0 unspecified atom stereocenters. The third-order valence-corrected chi connectivity index (χ3v) is 7.47. The number of rotatable bonds is 8. The first-order valence-electron chi connectivity index (χ1n) is 8.30. The number of benzene rings is 1. The molecular weight excluding hydrogens is 503 g/mol. The van der Waals surface area contributed by atoms with Crippen molar-refractivity contribution < 1.29 is 8.42 Å². The molecule has 1 aromatic rings. The molecule has 2 rings (SSSR count). The van der Waals surface area contributed by atoms with Crippen LogP contribution in [-0.4, -0.2) is 74.9 Å². The second-order valence-electron chi connectivity index (χ2n) is 5.41. The van der Waals surface area contributed by atoms with Crippen LogP contribution in [0.1, 0.15) is 0 Å². The fraction of sp³-hybridized carbons (Fsp3) is 0.562. The van der Waals surface area contributed by atoms with E-state index in [1.165, 1.54) is 4.90 Å². The van der Waals surface area contributed by atoms with Crippen LogP contribution in [0.3, 0.4) is 0 Å². The summed E-state index contributed by atoms with van der Waals surface area (Å²) in [6.45, 7) is 2.36. The number of nitrogens with zero attached hydrogens (tertiary/aromatic N) is 2. The van der Waals surface area contributed by atoms with Gasteiger partial charge in [-0.05, 0) is 12.1 Å². The smallest absolute Gasteiger partial charge is 0.215 e. The van der Waals surface area contributed by atoms with Gasteiger partial charge in [0.05, 0.1) is 5.75 Å². The van der Waals surface area contributed by atoms with Gasteiger partial charge >= 0.3 is 0 Å². The number of hydrogen-bond acceptors (Lipinski definition) is 5. The molecular formula is C16H27IN4O2S3. The molecule has 1 saturated heterocycles. The van der Waals surface area contributed by atoms with Gasteiger partial charge < -0.3 is 10.6 Å². The van der Waals surface area contributed by atoms with E-state index in [-0.39, 0.29) is 29.7 Å².